The minimum atomic E-state index is -1.32. The molecular formula is C14H13O6-. The molecule has 1 aromatic heterocycles. The van der Waals surface area contributed by atoms with Crippen LogP contribution in [0.15, 0.2) is 22.6 Å². The van der Waals surface area contributed by atoms with Crippen LogP contribution in [0.25, 0.3) is 11.0 Å². The van der Waals surface area contributed by atoms with Crippen molar-refractivity contribution in [3.05, 3.63) is 29.5 Å². The van der Waals surface area contributed by atoms with Gasteiger partial charge in [0.15, 0.2) is 0 Å². The van der Waals surface area contributed by atoms with Crippen molar-refractivity contribution in [2.75, 3.05) is 7.11 Å². The summed E-state index contributed by atoms with van der Waals surface area (Å²) in [5, 5.41) is 11.2. The van der Waals surface area contributed by atoms with E-state index in [1.165, 1.54) is 20.1 Å². The summed E-state index contributed by atoms with van der Waals surface area (Å²) in [5.74, 6) is -1.11. The van der Waals surface area contributed by atoms with E-state index in [9.17, 15) is 14.7 Å². The highest BCUT2D eigenvalue weighted by molar-refractivity contribution is 6.04. The topological polar surface area (TPSA) is 88.8 Å². The molecule has 0 saturated heterocycles. The number of aliphatic carboxylic acids is 1. The molecule has 0 aliphatic heterocycles. The molecule has 0 aliphatic rings. The van der Waals surface area contributed by atoms with Crippen LogP contribution in [0.2, 0.25) is 0 Å². The Balaban J connectivity index is 2.47. The van der Waals surface area contributed by atoms with Crippen molar-refractivity contribution >= 4 is 22.9 Å². The van der Waals surface area contributed by atoms with Crippen LogP contribution >= 0.6 is 0 Å². The van der Waals surface area contributed by atoms with Crippen LogP contribution in [-0.4, -0.2) is 25.2 Å². The first-order chi connectivity index (χ1) is 9.43. The Bertz CT molecular complexity index is 670. The first-order valence-corrected chi connectivity index (χ1v) is 5.93. The quantitative estimate of drug-likeness (QED) is 0.776. The highest BCUT2D eigenvalue weighted by Gasteiger charge is 2.19. The lowest BCUT2D eigenvalue weighted by atomic mass is 10.1. The van der Waals surface area contributed by atoms with Crippen molar-refractivity contribution in [1.29, 1.82) is 0 Å². The molecule has 6 heteroatoms. The number of methoxy groups -OCH3 is 1. The van der Waals surface area contributed by atoms with E-state index in [-0.39, 0.29) is 0 Å². The summed E-state index contributed by atoms with van der Waals surface area (Å²) in [5.41, 5.74) is 0.797. The second-order valence-corrected chi connectivity index (χ2v) is 4.26. The van der Waals surface area contributed by atoms with Crippen LogP contribution in [0.3, 0.4) is 0 Å². The zero-order valence-corrected chi connectivity index (χ0v) is 11.3. The molecule has 0 spiro atoms. The fourth-order valence-electron chi connectivity index (χ4n) is 1.88. The molecule has 6 nitrogen and oxygen atoms in total. The predicted molar refractivity (Wildman–Crippen MR) is 67.4 cm³/mol. The third kappa shape index (κ3) is 2.45. The van der Waals surface area contributed by atoms with E-state index in [0.717, 1.165) is 0 Å². The average Bonchev–Trinajstić information content (AvgIpc) is 2.73. The third-order valence-corrected chi connectivity index (χ3v) is 2.87. The molecule has 0 amide bonds. The van der Waals surface area contributed by atoms with Crippen molar-refractivity contribution in [3.63, 3.8) is 0 Å². The molecule has 1 heterocycles. The summed E-state index contributed by atoms with van der Waals surface area (Å²) in [6, 6.07) is 4.70. The van der Waals surface area contributed by atoms with Crippen LogP contribution in [0.5, 0.6) is 5.75 Å². The van der Waals surface area contributed by atoms with E-state index in [1.807, 2.05) is 0 Å². The highest BCUT2D eigenvalue weighted by Crippen LogP contribution is 2.29. The molecule has 0 bridgehead atoms. The number of fused-ring (bicyclic) bond motifs is 1. The van der Waals surface area contributed by atoms with Gasteiger partial charge in [0.1, 0.15) is 28.8 Å². The lowest BCUT2D eigenvalue weighted by Crippen LogP contribution is -2.37. The number of aryl methyl sites for hydroxylation is 1. The maximum absolute atomic E-state index is 11.7. The molecule has 0 aliphatic carbocycles. The minimum Gasteiger partial charge on any atom is -0.546 e. The van der Waals surface area contributed by atoms with Gasteiger partial charge in [0.05, 0.1) is 13.1 Å². The van der Waals surface area contributed by atoms with Crippen molar-refractivity contribution in [2.45, 2.75) is 20.0 Å². The molecule has 2 rings (SSSR count). The van der Waals surface area contributed by atoms with Crippen LogP contribution in [0, 0.1) is 6.92 Å². The summed E-state index contributed by atoms with van der Waals surface area (Å²) >= 11 is 0. The van der Waals surface area contributed by atoms with Crippen LogP contribution in [-0.2, 0) is 9.53 Å². The summed E-state index contributed by atoms with van der Waals surface area (Å²) in [4.78, 5) is 22.4. The van der Waals surface area contributed by atoms with Gasteiger partial charge < -0.3 is 23.8 Å². The second kappa shape index (κ2) is 5.24. The van der Waals surface area contributed by atoms with Crippen molar-refractivity contribution in [1.82, 2.24) is 0 Å². The first-order valence-electron chi connectivity index (χ1n) is 5.93. The lowest BCUT2D eigenvalue weighted by molar-refractivity contribution is -0.312. The normalized spacial score (nSPS) is 12.2. The second-order valence-electron chi connectivity index (χ2n) is 4.26. The SMILES string of the molecule is COC(=O)c1c(C)oc2ccc(O[C@H](C)C(=O)[O-])cc12. The number of ether oxygens (including phenoxy) is 2. The number of hydrogen-bond acceptors (Lipinski definition) is 6. The number of rotatable bonds is 4. The van der Waals surface area contributed by atoms with Crippen LogP contribution in [0.1, 0.15) is 23.0 Å². The summed E-state index contributed by atoms with van der Waals surface area (Å²) < 4.78 is 15.3. The van der Waals surface area contributed by atoms with Crippen LogP contribution in [0.4, 0.5) is 0 Å². The number of furan rings is 1. The molecule has 106 valence electrons. The standard InChI is InChI=1S/C14H14O6/c1-7-12(14(17)18-3)10-6-9(4-5-11(10)20-7)19-8(2)13(15)16/h4-6,8H,1-3H3,(H,15,16)/p-1/t8-/m1/s1. The first kappa shape index (κ1) is 13.9. The number of carboxylic acids is 1. The minimum absolute atomic E-state index is 0.300. The Labute approximate surface area is 114 Å². The third-order valence-electron chi connectivity index (χ3n) is 2.87. The Morgan fingerprint density at radius 2 is 2.05 bits per heavy atom. The Morgan fingerprint density at radius 3 is 2.65 bits per heavy atom. The molecular weight excluding hydrogens is 264 g/mol. The largest absolute Gasteiger partial charge is 0.546 e. The number of carbonyl (C=O) groups excluding carboxylic acids is 2. The maximum Gasteiger partial charge on any atom is 0.342 e. The Morgan fingerprint density at radius 1 is 1.35 bits per heavy atom. The van der Waals surface area contributed by atoms with Gasteiger partial charge in [0.25, 0.3) is 0 Å². The van der Waals surface area contributed by atoms with Gasteiger partial charge in [-0.25, -0.2) is 4.79 Å². The van der Waals surface area contributed by atoms with Gasteiger partial charge in [-0.3, -0.25) is 0 Å². The molecule has 0 fully saturated rings. The maximum atomic E-state index is 11.7. The predicted octanol–water partition coefficient (Wildman–Crippen LogP) is 1.05. The van der Waals surface area contributed by atoms with Gasteiger partial charge in [-0.15, -0.1) is 0 Å². The number of benzene rings is 1. The van der Waals surface area contributed by atoms with E-state index in [4.69, 9.17) is 13.9 Å². The van der Waals surface area contributed by atoms with Crippen molar-refractivity contribution in [3.8, 4) is 5.75 Å². The summed E-state index contributed by atoms with van der Waals surface area (Å²) in [7, 11) is 1.28. The monoisotopic (exact) mass is 277 g/mol. The van der Waals surface area contributed by atoms with E-state index >= 15 is 0 Å². The molecule has 1 aromatic carbocycles. The number of carbonyl (C=O) groups is 2. The zero-order valence-electron chi connectivity index (χ0n) is 11.3. The van der Waals surface area contributed by atoms with Gasteiger partial charge >= 0.3 is 5.97 Å². The Kier molecular flexibility index (Phi) is 3.65. The molecule has 20 heavy (non-hydrogen) atoms. The van der Waals surface area contributed by atoms with E-state index < -0.39 is 18.0 Å². The molecule has 0 saturated carbocycles. The van der Waals surface area contributed by atoms with Gasteiger partial charge in [-0.1, -0.05) is 0 Å². The molecule has 0 N–H and O–H groups in total. The highest BCUT2D eigenvalue weighted by atomic mass is 16.5. The molecule has 0 radical (unpaired) electrons. The van der Waals surface area contributed by atoms with E-state index in [1.54, 1.807) is 19.1 Å². The van der Waals surface area contributed by atoms with Gasteiger partial charge in [0.2, 0.25) is 0 Å². The fourth-order valence-corrected chi connectivity index (χ4v) is 1.88. The van der Waals surface area contributed by atoms with E-state index in [2.05, 4.69) is 0 Å². The number of hydrogen-bond donors (Lipinski definition) is 0. The number of esters is 1. The van der Waals surface area contributed by atoms with Gasteiger partial charge in [0, 0.05) is 5.39 Å². The summed E-state index contributed by atoms with van der Waals surface area (Å²) in [6.07, 6.45) is -1.10. The molecule has 0 unspecified atom stereocenters. The summed E-state index contributed by atoms with van der Waals surface area (Å²) in [6.45, 7) is 3.01. The lowest BCUT2D eigenvalue weighted by Gasteiger charge is -2.15. The van der Waals surface area contributed by atoms with Crippen molar-refractivity contribution in [2.24, 2.45) is 0 Å². The zero-order chi connectivity index (χ0) is 14.9. The fraction of sp³-hybridized carbons (Fsp3) is 0.286. The smallest absolute Gasteiger partial charge is 0.342 e. The van der Waals surface area contributed by atoms with E-state index in [0.29, 0.717) is 28.0 Å². The van der Waals surface area contributed by atoms with Crippen LogP contribution < -0.4 is 9.84 Å². The van der Waals surface area contributed by atoms with Gasteiger partial charge in [-0.05, 0) is 32.0 Å². The van der Waals surface area contributed by atoms with Gasteiger partial charge in [-0.2, -0.15) is 0 Å². The molecule has 1 atom stereocenters. The van der Waals surface area contributed by atoms with Crippen molar-refractivity contribution < 1.29 is 28.6 Å². The number of carboxylic acid groups (broad SMARTS) is 1. The average molecular weight is 277 g/mol. The Hall–Kier alpha value is -2.50. The molecule has 2 aromatic rings.